The van der Waals surface area contributed by atoms with Crippen LogP contribution in [-0.2, 0) is 0 Å². The summed E-state index contributed by atoms with van der Waals surface area (Å²) in [6.45, 7) is 2.21. The lowest BCUT2D eigenvalue weighted by atomic mass is 9.57. The van der Waals surface area contributed by atoms with Crippen molar-refractivity contribution in [2.75, 3.05) is 0 Å². The monoisotopic (exact) mass is 300 g/mol. The summed E-state index contributed by atoms with van der Waals surface area (Å²) in [7, 11) is 0. The molecule has 3 aromatic rings. The number of halogens is 1. The van der Waals surface area contributed by atoms with Crippen LogP contribution < -0.4 is 0 Å². The highest BCUT2D eigenvalue weighted by molar-refractivity contribution is 6.66. The lowest BCUT2D eigenvalue weighted by Gasteiger charge is -2.15. The molecule has 0 unspecified atom stereocenters. The molecule has 1 aliphatic carbocycles. The third-order valence-electron chi connectivity index (χ3n) is 4.19. The smallest absolute Gasteiger partial charge is 0.298 e. The van der Waals surface area contributed by atoms with Crippen LogP contribution in [0.5, 0.6) is 0 Å². The first kappa shape index (κ1) is 13.8. The Morgan fingerprint density at radius 2 is 2.09 bits per heavy atom. The van der Waals surface area contributed by atoms with E-state index < -0.39 is 0 Å². The largest absolute Gasteiger partial charge is 0.379 e. The van der Waals surface area contributed by atoms with Crippen molar-refractivity contribution in [3.63, 3.8) is 0 Å². The molecule has 2 nitrogen and oxygen atoms in total. The molecule has 2 aromatic heterocycles. The first-order chi connectivity index (χ1) is 11.2. The number of hydrogen-bond acceptors (Lipinski definition) is 1. The number of nitrogens with zero attached hydrogens (tertiary/aromatic N) is 2. The van der Waals surface area contributed by atoms with Crippen molar-refractivity contribution in [3.8, 4) is 11.4 Å². The van der Waals surface area contributed by atoms with Crippen LogP contribution >= 0.6 is 0 Å². The molecule has 0 fully saturated rings. The van der Waals surface area contributed by atoms with Gasteiger partial charge in [-0.05, 0) is 47.9 Å². The van der Waals surface area contributed by atoms with Crippen LogP contribution in [0.1, 0.15) is 0 Å². The van der Waals surface area contributed by atoms with E-state index in [1.807, 2.05) is 42.5 Å². The van der Waals surface area contributed by atoms with Crippen molar-refractivity contribution in [1.29, 1.82) is 0 Å². The van der Waals surface area contributed by atoms with Crippen LogP contribution in [0.4, 0.5) is 4.39 Å². The van der Waals surface area contributed by atoms with Crippen molar-refractivity contribution < 1.29 is 4.39 Å². The molecule has 0 bridgehead atoms. The molecule has 23 heavy (non-hydrogen) atoms. The summed E-state index contributed by atoms with van der Waals surface area (Å²) in [5.74, 6) is -0.227. The zero-order chi connectivity index (χ0) is 15.8. The van der Waals surface area contributed by atoms with Gasteiger partial charge in [0.1, 0.15) is 5.82 Å². The Morgan fingerprint density at radius 3 is 2.83 bits per heavy atom. The van der Waals surface area contributed by atoms with Gasteiger partial charge in [0.25, 0.3) is 6.85 Å². The minimum absolute atomic E-state index is 0.0879. The molecule has 110 valence electrons. The number of benzene rings is 1. The van der Waals surface area contributed by atoms with Crippen molar-refractivity contribution in [2.24, 2.45) is 0 Å². The van der Waals surface area contributed by atoms with Gasteiger partial charge in [0.2, 0.25) is 0 Å². The Balaban J connectivity index is 1.99. The Morgan fingerprint density at radius 1 is 1.17 bits per heavy atom. The quantitative estimate of drug-likeness (QED) is 0.514. The van der Waals surface area contributed by atoms with Crippen LogP contribution in [-0.4, -0.2) is 16.3 Å². The molecule has 4 rings (SSSR count). The lowest BCUT2D eigenvalue weighted by molar-refractivity contribution is 0.629. The molecule has 0 amide bonds. The number of allylic oxidation sites excluding steroid dienone is 3. The minimum atomic E-state index is -0.227. The van der Waals surface area contributed by atoms with Gasteiger partial charge in [-0.1, -0.05) is 25.0 Å². The first-order valence-electron chi connectivity index (χ1n) is 7.59. The van der Waals surface area contributed by atoms with Gasteiger partial charge in [-0.15, -0.1) is 5.73 Å². The van der Waals surface area contributed by atoms with Crippen molar-refractivity contribution in [3.05, 3.63) is 83.9 Å². The molecular formula is C19H14BFN2. The molecule has 4 heteroatoms. The Labute approximate surface area is 134 Å². The van der Waals surface area contributed by atoms with Crippen LogP contribution in [0, 0.1) is 5.82 Å². The second-order valence-electron chi connectivity index (χ2n) is 5.62. The van der Waals surface area contributed by atoms with Crippen molar-refractivity contribution >= 4 is 17.8 Å². The topological polar surface area (TPSA) is 17.8 Å². The number of hydrogen-bond donors (Lipinski definition) is 0. The second kappa shape index (κ2) is 5.42. The predicted molar refractivity (Wildman–Crippen MR) is 92.9 cm³/mol. The molecule has 0 atom stereocenters. The van der Waals surface area contributed by atoms with Gasteiger partial charge in [-0.2, -0.15) is 0 Å². The summed E-state index contributed by atoms with van der Waals surface area (Å²) in [6.07, 6.45) is 7.73. The first-order valence-corrected chi connectivity index (χ1v) is 7.59. The maximum absolute atomic E-state index is 13.6. The summed E-state index contributed by atoms with van der Waals surface area (Å²) in [6, 6.07) is 12.7. The van der Waals surface area contributed by atoms with Gasteiger partial charge in [-0.3, -0.25) is 4.98 Å². The average Bonchev–Trinajstić information content (AvgIpc) is 3.22. The van der Waals surface area contributed by atoms with Gasteiger partial charge in [0, 0.05) is 17.1 Å². The summed E-state index contributed by atoms with van der Waals surface area (Å²) in [4.78, 5) is 4.47. The van der Waals surface area contributed by atoms with Crippen LogP contribution in [0.25, 0.3) is 22.3 Å². The third kappa shape index (κ3) is 2.34. The second-order valence-corrected chi connectivity index (χ2v) is 5.62. The highest BCUT2D eigenvalue weighted by Crippen LogP contribution is 2.29. The van der Waals surface area contributed by atoms with Gasteiger partial charge in [0.05, 0.1) is 11.4 Å². The number of rotatable bonds is 3. The molecule has 0 spiro atoms. The number of fused-ring (bicyclic) bond motifs is 1. The van der Waals surface area contributed by atoms with Crippen LogP contribution in [0.15, 0.2) is 78.1 Å². The molecule has 0 saturated heterocycles. The van der Waals surface area contributed by atoms with E-state index in [0.717, 1.165) is 27.8 Å². The highest BCUT2D eigenvalue weighted by Gasteiger charge is 2.22. The zero-order valence-electron chi connectivity index (χ0n) is 12.7. The third-order valence-corrected chi connectivity index (χ3v) is 4.19. The van der Waals surface area contributed by atoms with E-state index in [1.54, 1.807) is 12.3 Å². The predicted octanol–water partition coefficient (Wildman–Crippen LogP) is 4.50. The molecule has 1 aromatic carbocycles. The summed E-state index contributed by atoms with van der Waals surface area (Å²) < 4.78 is 15.8. The molecule has 0 aliphatic heterocycles. The molecular weight excluding hydrogens is 286 g/mol. The average molecular weight is 300 g/mol. The lowest BCUT2D eigenvalue weighted by Crippen LogP contribution is -2.23. The zero-order valence-corrected chi connectivity index (χ0v) is 12.7. The molecule has 1 aliphatic rings. The SMILES string of the molecule is CB(C1=C=CC=C1)n1c(-c2ccccn2)cc2cc(F)ccc21. The van der Waals surface area contributed by atoms with Gasteiger partial charge < -0.3 is 4.48 Å². The summed E-state index contributed by atoms with van der Waals surface area (Å²) >= 11 is 0. The standard InChI is InChI=1S/C19H14BFN2/c1-20(15-6-2-3-7-15)23-18-10-9-16(21)12-14(18)13-19(23)17-8-4-5-11-22-17/h2-6,8-13H,1H3. The molecule has 2 heterocycles. The van der Waals surface area contributed by atoms with Crippen LogP contribution in [0.3, 0.4) is 0 Å². The maximum Gasteiger partial charge on any atom is 0.298 e. The van der Waals surface area contributed by atoms with Crippen molar-refractivity contribution in [1.82, 2.24) is 9.46 Å². The fraction of sp³-hybridized carbons (Fsp3) is 0.0526. The maximum atomic E-state index is 13.6. The van der Waals surface area contributed by atoms with E-state index >= 15 is 0 Å². The number of aromatic nitrogens is 2. The van der Waals surface area contributed by atoms with E-state index in [2.05, 4.69) is 28.1 Å². The molecule has 0 radical (unpaired) electrons. The Kier molecular flexibility index (Phi) is 3.25. The van der Waals surface area contributed by atoms with Crippen LogP contribution in [0.2, 0.25) is 6.82 Å². The Hall–Kier alpha value is -2.84. The van der Waals surface area contributed by atoms with E-state index in [0.29, 0.717) is 0 Å². The van der Waals surface area contributed by atoms with Gasteiger partial charge in [-0.25, -0.2) is 4.39 Å². The van der Waals surface area contributed by atoms with Crippen molar-refractivity contribution in [2.45, 2.75) is 6.82 Å². The minimum Gasteiger partial charge on any atom is -0.379 e. The van der Waals surface area contributed by atoms with E-state index in [4.69, 9.17) is 0 Å². The van der Waals surface area contributed by atoms with E-state index in [1.165, 1.54) is 6.07 Å². The molecule has 0 saturated carbocycles. The van der Waals surface area contributed by atoms with Gasteiger partial charge in [0.15, 0.2) is 0 Å². The fourth-order valence-electron chi connectivity index (χ4n) is 3.08. The molecule has 0 N–H and O–H groups in total. The summed E-state index contributed by atoms with van der Waals surface area (Å²) in [5, 5.41) is 0.879. The normalized spacial score (nSPS) is 12.9. The fourth-order valence-corrected chi connectivity index (χ4v) is 3.08. The highest BCUT2D eigenvalue weighted by atomic mass is 19.1. The Bertz CT molecular complexity index is 979. The van der Waals surface area contributed by atoms with Gasteiger partial charge >= 0.3 is 0 Å². The van der Waals surface area contributed by atoms with E-state index in [9.17, 15) is 4.39 Å². The van der Waals surface area contributed by atoms with E-state index in [-0.39, 0.29) is 12.7 Å². The summed E-state index contributed by atoms with van der Waals surface area (Å²) in [5.41, 5.74) is 7.22. The number of pyridine rings is 1.